The summed E-state index contributed by atoms with van der Waals surface area (Å²) in [5.74, 6) is 0. The Bertz CT molecular complexity index is 172. The minimum Gasteiger partial charge on any atom is -0.147 e. The molecule has 0 aliphatic rings. The largest absolute Gasteiger partial charge is 0.147 e. The SMILES string of the molecule is C=C[CH2][Zn][c]1cccs1.Cl. The van der Waals surface area contributed by atoms with Gasteiger partial charge >= 0.3 is 67.1 Å². The minimum absolute atomic E-state index is 0. The van der Waals surface area contributed by atoms with Crippen molar-refractivity contribution in [2.45, 2.75) is 5.02 Å². The molecule has 1 heterocycles. The molecule has 0 nitrogen and oxygen atoms in total. The summed E-state index contributed by atoms with van der Waals surface area (Å²) >= 11 is 1.54. The number of allylic oxidation sites excluding steroid dienone is 1. The van der Waals surface area contributed by atoms with Crippen molar-refractivity contribution < 1.29 is 17.1 Å². The average Bonchev–Trinajstić information content (AvgIpc) is 2.34. The third kappa shape index (κ3) is 3.50. The van der Waals surface area contributed by atoms with Crippen LogP contribution in [0, 0.1) is 0 Å². The van der Waals surface area contributed by atoms with Crippen LogP contribution >= 0.6 is 23.7 Å². The van der Waals surface area contributed by atoms with E-state index in [0.29, 0.717) is 0 Å². The van der Waals surface area contributed by atoms with Gasteiger partial charge < -0.3 is 0 Å². The van der Waals surface area contributed by atoms with Crippen molar-refractivity contribution in [3.05, 3.63) is 30.2 Å². The number of thiophene rings is 1. The van der Waals surface area contributed by atoms with Gasteiger partial charge in [-0.25, -0.2) is 0 Å². The van der Waals surface area contributed by atoms with E-state index >= 15 is 0 Å². The maximum atomic E-state index is 3.71. The Morgan fingerprint density at radius 3 is 3.00 bits per heavy atom. The van der Waals surface area contributed by atoms with Gasteiger partial charge in [-0.1, -0.05) is 0 Å². The minimum atomic E-state index is -0.362. The molecule has 0 radical (unpaired) electrons. The molecule has 0 bridgehead atoms. The number of rotatable bonds is 3. The predicted molar refractivity (Wildman–Crippen MR) is 46.2 cm³/mol. The fraction of sp³-hybridized carbons (Fsp3) is 0.143. The fourth-order valence-electron chi connectivity index (χ4n) is 0.699. The summed E-state index contributed by atoms with van der Waals surface area (Å²) in [5.41, 5.74) is 0. The van der Waals surface area contributed by atoms with Crippen molar-refractivity contribution in [1.29, 1.82) is 0 Å². The Kier molecular flexibility index (Phi) is 6.30. The van der Waals surface area contributed by atoms with E-state index in [-0.39, 0.29) is 29.5 Å². The van der Waals surface area contributed by atoms with Crippen LogP contribution in [0.15, 0.2) is 30.2 Å². The van der Waals surface area contributed by atoms with E-state index in [1.54, 1.807) is 3.47 Å². The molecule has 0 aromatic carbocycles. The van der Waals surface area contributed by atoms with Crippen LogP contribution in [0.2, 0.25) is 5.02 Å². The summed E-state index contributed by atoms with van der Waals surface area (Å²) in [6.07, 6.45) is 2.04. The first-order chi connectivity index (χ1) is 4.43. The van der Waals surface area contributed by atoms with Crippen LogP contribution in [0.3, 0.4) is 0 Å². The molecule has 3 heteroatoms. The number of hydrogen-bond donors (Lipinski definition) is 0. The van der Waals surface area contributed by atoms with Crippen LogP contribution in [-0.4, -0.2) is 0 Å². The molecule has 10 heavy (non-hydrogen) atoms. The van der Waals surface area contributed by atoms with Crippen LogP contribution in [-0.2, 0) is 17.1 Å². The van der Waals surface area contributed by atoms with Crippen molar-refractivity contribution in [3.63, 3.8) is 0 Å². The van der Waals surface area contributed by atoms with Gasteiger partial charge in [-0.2, -0.15) is 0 Å². The van der Waals surface area contributed by atoms with Gasteiger partial charge in [0.05, 0.1) is 0 Å². The molecule has 1 aromatic rings. The van der Waals surface area contributed by atoms with Crippen LogP contribution < -0.4 is 3.47 Å². The summed E-state index contributed by atoms with van der Waals surface area (Å²) in [4.78, 5) is 0. The van der Waals surface area contributed by atoms with Gasteiger partial charge in [0.1, 0.15) is 0 Å². The van der Waals surface area contributed by atoms with Crippen LogP contribution in [0.4, 0.5) is 0 Å². The maximum absolute atomic E-state index is 3.71. The number of halogens is 1. The van der Waals surface area contributed by atoms with Crippen molar-refractivity contribution in [1.82, 2.24) is 0 Å². The standard InChI is InChI=1S/C4H3S.C3H5.ClH.Zn/c1-2-4-5-3-1;1-3-2;;/h1-3H;3H,1-2H2;1H;. The van der Waals surface area contributed by atoms with Gasteiger partial charge in [0.25, 0.3) is 0 Å². The normalized spacial score (nSPS) is 7.60. The zero-order chi connectivity index (χ0) is 6.53. The zero-order valence-corrected chi connectivity index (χ0v) is 10.3. The first-order valence-electron chi connectivity index (χ1n) is 3.07. The molecule has 0 saturated heterocycles. The number of hydrogen-bond acceptors (Lipinski definition) is 1. The molecule has 0 amide bonds. The van der Waals surface area contributed by atoms with Crippen LogP contribution in [0.1, 0.15) is 0 Å². The average molecular weight is 226 g/mol. The fourth-order valence-corrected chi connectivity index (χ4v) is 4.93. The summed E-state index contributed by atoms with van der Waals surface area (Å²) in [7, 11) is 0. The first-order valence-corrected chi connectivity index (χ1v) is 7.53. The van der Waals surface area contributed by atoms with Gasteiger partial charge in [-0.3, -0.25) is 0 Å². The monoisotopic (exact) mass is 224 g/mol. The van der Waals surface area contributed by atoms with E-state index < -0.39 is 0 Å². The summed E-state index contributed by atoms with van der Waals surface area (Å²) < 4.78 is 1.64. The molecular weight excluding hydrogens is 217 g/mol. The van der Waals surface area contributed by atoms with Gasteiger partial charge in [-0.15, -0.1) is 12.4 Å². The molecule has 0 spiro atoms. The predicted octanol–water partition coefficient (Wildman–Crippen LogP) is 2.48. The van der Waals surface area contributed by atoms with Crippen molar-refractivity contribution in [2.24, 2.45) is 0 Å². The van der Waals surface area contributed by atoms with E-state index in [2.05, 4.69) is 24.1 Å². The smallest absolute Gasteiger partial charge is 0.147 e. The Morgan fingerprint density at radius 1 is 1.70 bits per heavy atom. The quantitative estimate of drug-likeness (QED) is 0.548. The molecule has 0 aliphatic carbocycles. The summed E-state index contributed by atoms with van der Waals surface area (Å²) in [6, 6.07) is 4.38. The summed E-state index contributed by atoms with van der Waals surface area (Å²) in [6.45, 7) is 3.71. The van der Waals surface area contributed by atoms with E-state index in [1.807, 2.05) is 17.4 Å². The zero-order valence-electron chi connectivity index (χ0n) is 5.75. The molecular formula is C7H9ClSZn. The molecule has 1 aromatic heterocycles. The van der Waals surface area contributed by atoms with Gasteiger partial charge in [-0.05, 0) is 0 Å². The molecule has 0 fully saturated rings. The first kappa shape index (κ1) is 10.4. The molecule has 0 unspecified atom stereocenters. The van der Waals surface area contributed by atoms with Gasteiger partial charge in [0.2, 0.25) is 0 Å². The second-order valence-corrected chi connectivity index (χ2v) is 7.87. The van der Waals surface area contributed by atoms with E-state index in [1.165, 1.54) is 5.02 Å². The summed E-state index contributed by atoms with van der Waals surface area (Å²) in [5, 5.41) is 3.44. The molecule has 0 N–H and O–H groups in total. The van der Waals surface area contributed by atoms with E-state index in [4.69, 9.17) is 0 Å². The molecule has 0 saturated carbocycles. The second-order valence-electron chi connectivity index (χ2n) is 1.91. The van der Waals surface area contributed by atoms with Crippen molar-refractivity contribution in [3.8, 4) is 0 Å². The van der Waals surface area contributed by atoms with Crippen molar-refractivity contribution >= 4 is 27.2 Å². The third-order valence-corrected chi connectivity index (χ3v) is 7.01. The molecule has 0 atom stereocenters. The third-order valence-electron chi connectivity index (χ3n) is 1.17. The van der Waals surface area contributed by atoms with Crippen molar-refractivity contribution in [2.75, 3.05) is 0 Å². The Morgan fingerprint density at radius 2 is 2.50 bits per heavy atom. The van der Waals surface area contributed by atoms with Crippen LogP contribution in [0.25, 0.3) is 0 Å². The van der Waals surface area contributed by atoms with E-state index in [0.717, 1.165) is 0 Å². The Hall–Kier alpha value is 0.353. The Labute approximate surface area is 79.4 Å². The van der Waals surface area contributed by atoms with Gasteiger partial charge in [0, 0.05) is 0 Å². The topological polar surface area (TPSA) is 0 Å². The maximum Gasteiger partial charge on any atom is -0.147 e. The Balaban J connectivity index is 0.000000810. The molecule has 0 aliphatic heterocycles. The van der Waals surface area contributed by atoms with Gasteiger partial charge in [0.15, 0.2) is 0 Å². The molecule has 1 rings (SSSR count). The molecule has 52 valence electrons. The second kappa shape index (κ2) is 6.09. The van der Waals surface area contributed by atoms with E-state index in [9.17, 15) is 0 Å². The van der Waals surface area contributed by atoms with Crippen LogP contribution in [0.5, 0.6) is 0 Å².